The van der Waals surface area contributed by atoms with Crippen LogP contribution in [0.4, 0.5) is 16.5 Å². The number of rotatable bonds is 7. The summed E-state index contributed by atoms with van der Waals surface area (Å²) >= 11 is 4.46. The topological polar surface area (TPSA) is 66.9 Å². The van der Waals surface area contributed by atoms with Gasteiger partial charge in [-0.1, -0.05) is 47.4 Å². The molecule has 0 radical (unpaired) electrons. The van der Waals surface area contributed by atoms with Gasteiger partial charge in [-0.25, -0.2) is 0 Å². The molecule has 0 saturated heterocycles. The summed E-state index contributed by atoms with van der Waals surface area (Å²) in [6.07, 6.45) is 2.01. The van der Waals surface area contributed by atoms with Gasteiger partial charge in [-0.3, -0.25) is 4.79 Å². The van der Waals surface area contributed by atoms with E-state index in [0.717, 1.165) is 31.3 Å². The third-order valence-corrected chi connectivity index (χ3v) is 6.17. The van der Waals surface area contributed by atoms with Gasteiger partial charge in [0.1, 0.15) is 0 Å². The molecule has 1 heterocycles. The van der Waals surface area contributed by atoms with Crippen LogP contribution in [0.1, 0.15) is 5.56 Å². The number of aryl methyl sites for hydroxylation is 1. The van der Waals surface area contributed by atoms with Gasteiger partial charge in [0.15, 0.2) is 4.34 Å². The zero-order chi connectivity index (χ0) is 18.4. The van der Waals surface area contributed by atoms with E-state index in [-0.39, 0.29) is 5.91 Å². The second-order valence-corrected chi connectivity index (χ2v) is 8.46. The Morgan fingerprint density at radius 1 is 1.15 bits per heavy atom. The summed E-state index contributed by atoms with van der Waals surface area (Å²) in [6.45, 7) is 2.04. The number of amides is 1. The largest absolute Gasteiger partial charge is 0.330 e. The summed E-state index contributed by atoms with van der Waals surface area (Å²) in [5.41, 5.74) is 2.96. The lowest BCUT2D eigenvalue weighted by molar-refractivity contribution is -0.113. The number of hydrogen-bond donors (Lipinski definition) is 2. The second kappa shape index (κ2) is 9.07. The Morgan fingerprint density at radius 3 is 2.81 bits per heavy atom. The average molecular weight is 403 g/mol. The summed E-state index contributed by atoms with van der Waals surface area (Å²) in [6, 6.07) is 15.8. The van der Waals surface area contributed by atoms with Crippen LogP contribution in [0.5, 0.6) is 0 Å². The van der Waals surface area contributed by atoms with Crippen molar-refractivity contribution >= 4 is 57.3 Å². The first-order chi connectivity index (χ1) is 12.6. The standard InChI is InChI=1S/C18H18N4OS3/c1-12-6-3-4-9-15(12)20-17-21-22-18(26-17)25-11-16(23)19-13-7-5-8-14(10-13)24-2/h3-10H,11H2,1-2H3,(H,19,23)(H,20,21). The zero-order valence-electron chi connectivity index (χ0n) is 14.4. The summed E-state index contributed by atoms with van der Waals surface area (Å²) < 4.78 is 0.758. The Labute approximate surface area is 165 Å². The molecular formula is C18H18N4OS3. The summed E-state index contributed by atoms with van der Waals surface area (Å²) in [5.74, 6) is 0.236. The summed E-state index contributed by atoms with van der Waals surface area (Å²) in [5, 5.41) is 15.2. The van der Waals surface area contributed by atoms with E-state index >= 15 is 0 Å². The van der Waals surface area contributed by atoms with Crippen molar-refractivity contribution in [3.05, 3.63) is 54.1 Å². The minimum atomic E-state index is -0.0585. The maximum atomic E-state index is 12.1. The van der Waals surface area contributed by atoms with Crippen LogP contribution in [-0.2, 0) is 4.79 Å². The minimum Gasteiger partial charge on any atom is -0.330 e. The number of nitrogens with one attached hydrogen (secondary N) is 2. The third-order valence-electron chi connectivity index (χ3n) is 3.47. The lowest BCUT2D eigenvalue weighted by Crippen LogP contribution is -2.13. The van der Waals surface area contributed by atoms with Crippen molar-refractivity contribution in [2.75, 3.05) is 22.6 Å². The van der Waals surface area contributed by atoms with Crippen molar-refractivity contribution in [2.24, 2.45) is 0 Å². The highest BCUT2D eigenvalue weighted by molar-refractivity contribution is 8.01. The number of hydrogen-bond acceptors (Lipinski definition) is 7. The molecule has 1 amide bonds. The first kappa shape index (κ1) is 18.8. The van der Waals surface area contributed by atoms with Crippen LogP contribution in [0, 0.1) is 6.92 Å². The Balaban J connectivity index is 1.52. The zero-order valence-corrected chi connectivity index (χ0v) is 16.8. The molecule has 3 rings (SSSR count). The Morgan fingerprint density at radius 2 is 2.00 bits per heavy atom. The molecule has 0 fully saturated rings. The molecule has 0 spiro atoms. The molecule has 0 atom stereocenters. The van der Waals surface area contributed by atoms with E-state index in [4.69, 9.17) is 0 Å². The normalized spacial score (nSPS) is 10.5. The number of benzene rings is 2. The van der Waals surface area contributed by atoms with Crippen LogP contribution in [0.25, 0.3) is 0 Å². The van der Waals surface area contributed by atoms with Crippen molar-refractivity contribution in [3.63, 3.8) is 0 Å². The number of carbonyl (C=O) groups excluding carboxylic acids is 1. The van der Waals surface area contributed by atoms with Crippen LogP contribution in [0.3, 0.4) is 0 Å². The molecule has 26 heavy (non-hydrogen) atoms. The fraction of sp³-hybridized carbons (Fsp3) is 0.167. The highest BCUT2D eigenvalue weighted by atomic mass is 32.2. The fourth-order valence-electron chi connectivity index (χ4n) is 2.17. The number of thioether (sulfide) groups is 2. The predicted molar refractivity (Wildman–Crippen MR) is 112 cm³/mol. The Hall–Kier alpha value is -2.03. The van der Waals surface area contributed by atoms with E-state index in [0.29, 0.717) is 5.75 Å². The molecule has 0 saturated carbocycles. The van der Waals surface area contributed by atoms with Crippen LogP contribution < -0.4 is 10.6 Å². The summed E-state index contributed by atoms with van der Waals surface area (Å²) in [7, 11) is 0. The number of para-hydroxylation sites is 1. The molecule has 0 unspecified atom stereocenters. The Bertz CT molecular complexity index is 897. The number of carbonyl (C=O) groups is 1. The van der Waals surface area contributed by atoms with E-state index in [1.54, 1.807) is 11.8 Å². The third kappa shape index (κ3) is 5.23. The smallest absolute Gasteiger partial charge is 0.234 e. The first-order valence-electron chi connectivity index (χ1n) is 7.87. The highest BCUT2D eigenvalue weighted by Crippen LogP contribution is 2.28. The molecule has 3 aromatic rings. The van der Waals surface area contributed by atoms with E-state index in [2.05, 4.69) is 20.8 Å². The van der Waals surface area contributed by atoms with Gasteiger partial charge in [0, 0.05) is 16.3 Å². The van der Waals surface area contributed by atoms with Crippen molar-refractivity contribution in [1.29, 1.82) is 0 Å². The van der Waals surface area contributed by atoms with Gasteiger partial charge in [0.05, 0.1) is 5.75 Å². The van der Waals surface area contributed by atoms with E-state index in [1.807, 2.05) is 61.7 Å². The SMILES string of the molecule is CSc1cccc(NC(=O)CSc2nnc(Nc3ccccc3C)s2)c1. The van der Waals surface area contributed by atoms with Crippen LogP contribution in [0.2, 0.25) is 0 Å². The maximum Gasteiger partial charge on any atom is 0.234 e. The van der Waals surface area contributed by atoms with Gasteiger partial charge in [-0.2, -0.15) is 0 Å². The lowest BCUT2D eigenvalue weighted by Gasteiger charge is -2.05. The first-order valence-corrected chi connectivity index (χ1v) is 10.9. The Kier molecular flexibility index (Phi) is 6.54. The molecule has 0 bridgehead atoms. The fourth-order valence-corrected chi connectivity index (χ4v) is 4.20. The molecule has 134 valence electrons. The van der Waals surface area contributed by atoms with Crippen LogP contribution in [0.15, 0.2) is 57.8 Å². The summed E-state index contributed by atoms with van der Waals surface area (Å²) in [4.78, 5) is 13.2. The maximum absolute atomic E-state index is 12.1. The van der Waals surface area contributed by atoms with Gasteiger partial charge in [0.2, 0.25) is 11.0 Å². The molecule has 2 aromatic carbocycles. The predicted octanol–water partition coefficient (Wildman–Crippen LogP) is 5.04. The van der Waals surface area contributed by atoms with E-state index in [9.17, 15) is 4.79 Å². The minimum absolute atomic E-state index is 0.0585. The second-order valence-electron chi connectivity index (χ2n) is 5.38. The lowest BCUT2D eigenvalue weighted by atomic mass is 10.2. The van der Waals surface area contributed by atoms with Gasteiger partial charge in [-0.05, 0) is 43.0 Å². The van der Waals surface area contributed by atoms with Gasteiger partial charge >= 0.3 is 0 Å². The number of nitrogens with zero attached hydrogens (tertiary/aromatic N) is 2. The van der Waals surface area contributed by atoms with Crippen molar-refractivity contribution in [3.8, 4) is 0 Å². The molecule has 2 N–H and O–H groups in total. The monoisotopic (exact) mass is 402 g/mol. The highest BCUT2D eigenvalue weighted by Gasteiger charge is 2.09. The number of anilines is 3. The van der Waals surface area contributed by atoms with Crippen LogP contribution >= 0.6 is 34.9 Å². The van der Waals surface area contributed by atoms with Crippen LogP contribution in [-0.4, -0.2) is 28.1 Å². The van der Waals surface area contributed by atoms with Gasteiger partial charge in [-0.15, -0.1) is 22.0 Å². The molecule has 5 nitrogen and oxygen atoms in total. The van der Waals surface area contributed by atoms with E-state index in [1.165, 1.54) is 23.1 Å². The number of aromatic nitrogens is 2. The molecule has 0 aliphatic carbocycles. The van der Waals surface area contributed by atoms with Crippen molar-refractivity contribution < 1.29 is 4.79 Å². The van der Waals surface area contributed by atoms with Gasteiger partial charge in [0.25, 0.3) is 0 Å². The quantitative estimate of drug-likeness (QED) is 0.540. The van der Waals surface area contributed by atoms with Gasteiger partial charge < -0.3 is 10.6 Å². The average Bonchev–Trinajstić information content (AvgIpc) is 3.09. The molecule has 1 aromatic heterocycles. The molecule has 8 heteroatoms. The molecule has 0 aliphatic heterocycles. The molecular weight excluding hydrogens is 384 g/mol. The molecule has 0 aliphatic rings. The van der Waals surface area contributed by atoms with Crippen molar-refractivity contribution in [1.82, 2.24) is 10.2 Å². The van der Waals surface area contributed by atoms with Crippen molar-refractivity contribution in [2.45, 2.75) is 16.2 Å². The van der Waals surface area contributed by atoms with E-state index < -0.39 is 0 Å².